The zero-order valence-electron chi connectivity index (χ0n) is 20.5. The molecule has 7 nitrogen and oxygen atoms in total. The van der Waals surface area contributed by atoms with E-state index >= 15 is 0 Å². The number of nitrogens with one attached hydrogen (secondary N) is 1. The standard InChI is InChI=1S/C27H32N2O5S/c1-20-18-23(14-15-25(20)33-3)35(31,32)29(17-16-22-10-6-5-7-11-22)19-27(30)28-21(2)24-12-8-9-13-26(24)34-4/h5-15,18,21H,16-17,19H2,1-4H3,(H,28,30)/t21-/m0/s1. The van der Waals surface area contributed by atoms with E-state index in [9.17, 15) is 13.2 Å². The summed E-state index contributed by atoms with van der Waals surface area (Å²) in [4.78, 5) is 13.1. The Hall–Kier alpha value is -3.36. The van der Waals surface area contributed by atoms with Crippen molar-refractivity contribution in [3.05, 3.63) is 89.5 Å². The minimum Gasteiger partial charge on any atom is -0.496 e. The van der Waals surface area contributed by atoms with Crippen molar-refractivity contribution in [2.24, 2.45) is 0 Å². The Bertz CT molecular complexity index is 1250. The molecule has 0 aliphatic rings. The molecule has 0 heterocycles. The van der Waals surface area contributed by atoms with Crippen molar-refractivity contribution in [1.29, 1.82) is 0 Å². The maximum atomic E-state index is 13.6. The third-order valence-corrected chi connectivity index (χ3v) is 7.64. The third kappa shape index (κ3) is 6.61. The summed E-state index contributed by atoms with van der Waals surface area (Å²) in [6.45, 7) is 3.48. The molecule has 0 fully saturated rings. The molecule has 0 bridgehead atoms. The SMILES string of the molecule is COc1ccc(S(=O)(=O)N(CCc2ccccc2)CC(=O)N[C@@H](C)c2ccccc2OC)cc1C. The van der Waals surface area contributed by atoms with Crippen LogP contribution in [0.2, 0.25) is 0 Å². The number of hydrogen-bond donors (Lipinski definition) is 1. The normalized spacial score (nSPS) is 12.3. The summed E-state index contributed by atoms with van der Waals surface area (Å²) in [5.74, 6) is 0.857. The van der Waals surface area contributed by atoms with E-state index in [1.54, 1.807) is 26.2 Å². The summed E-state index contributed by atoms with van der Waals surface area (Å²) in [5.41, 5.74) is 2.50. The predicted octanol–water partition coefficient (Wildman–Crippen LogP) is 4.12. The molecule has 1 amide bonds. The average molecular weight is 497 g/mol. The van der Waals surface area contributed by atoms with Gasteiger partial charge in [-0.3, -0.25) is 4.79 Å². The van der Waals surface area contributed by atoms with Crippen LogP contribution in [-0.4, -0.2) is 45.9 Å². The van der Waals surface area contributed by atoms with Crippen LogP contribution in [0.5, 0.6) is 11.5 Å². The molecule has 0 aliphatic heterocycles. The Morgan fingerprint density at radius 1 is 0.943 bits per heavy atom. The van der Waals surface area contributed by atoms with Crippen molar-refractivity contribution in [2.45, 2.75) is 31.2 Å². The molecule has 3 aromatic rings. The average Bonchev–Trinajstić information content (AvgIpc) is 2.86. The molecule has 35 heavy (non-hydrogen) atoms. The molecular weight excluding hydrogens is 464 g/mol. The molecule has 1 atom stereocenters. The van der Waals surface area contributed by atoms with Gasteiger partial charge in [0.15, 0.2) is 0 Å². The van der Waals surface area contributed by atoms with Crippen LogP contribution in [0.15, 0.2) is 77.7 Å². The first kappa shape index (κ1) is 26.2. The van der Waals surface area contributed by atoms with Gasteiger partial charge in [0.1, 0.15) is 11.5 Å². The highest BCUT2D eigenvalue weighted by atomic mass is 32.2. The summed E-state index contributed by atoms with van der Waals surface area (Å²) >= 11 is 0. The molecule has 0 aromatic heterocycles. The van der Waals surface area contributed by atoms with Crippen molar-refractivity contribution in [3.8, 4) is 11.5 Å². The van der Waals surface area contributed by atoms with Gasteiger partial charge in [0.25, 0.3) is 0 Å². The molecule has 186 valence electrons. The van der Waals surface area contributed by atoms with Crippen LogP contribution in [0.3, 0.4) is 0 Å². The number of carbonyl (C=O) groups excluding carboxylic acids is 1. The molecule has 0 aliphatic carbocycles. The number of carbonyl (C=O) groups is 1. The van der Waals surface area contributed by atoms with Crippen LogP contribution in [0.25, 0.3) is 0 Å². The van der Waals surface area contributed by atoms with Crippen molar-refractivity contribution in [3.63, 3.8) is 0 Å². The van der Waals surface area contributed by atoms with Crippen LogP contribution in [0.1, 0.15) is 29.7 Å². The molecule has 0 radical (unpaired) electrons. The fraction of sp³-hybridized carbons (Fsp3) is 0.296. The van der Waals surface area contributed by atoms with Gasteiger partial charge in [0.2, 0.25) is 15.9 Å². The number of para-hydroxylation sites is 1. The van der Waals surface area contributed by atoms with Gasteiger partial charge in [0, 0.05) is 12.1 Å². The Kier molecular flexibility index (Phi) is 8.89. The lowest BCUT2D eigenvalue weighted by Crippen LogP contribution is -2.42. The summed E-state index contributed by atoms with van der Waals surface area (Å²) in [6.07, 6.45) is 0.477. The zero-order chi connectivity index (χ0) is 25.4. The molecule has 3 aromatic carbocycles. The lowest BCUT2D eigenvalue weighted by Gasteiger charge is -2.24. The van der Waals surface area contributed by atoms with E-state index in [2.05, 4.69) is 5.32 Å². The summed E-state index contributed by atoms with van der Waals surface area (Å²) in [5, 5.41) is 2.91. The number of methoxy groups -OCH3 is 2. The summed E-state index contributed by atoms with van der Waals surface area (Å²) in [7, 11) is -0.826. The van der Waals surface area contributed by atoms with E-state index in [4.69, 9.17) is 9.47 Å². The number of aryl methyl sites for hydroxylation is 1. The Morgan fingerprint density at radius 3 is 2.26 bits per heavy atom. The van der Waals surface area contributed by atoms with Crippen LogP contribution in [-0.2, 0) is 21.2 Å². The van der Waals surface area contributed by atoms with Crippen LogP contribution in [0.4, 0.5) is 0 Å². The highest BCUT2D eigenvalue weighted by molar-refractivity contribution is 7.89. The fourth-order valence-corrected chi connectivity index (χ4v) is 5.38. The van der Waals surface area contributed by atoms with E-state index in [0.717, 1.165) is 11.1 Å². The lowest BCUT2D eigenvalue weighted by molar-refractivity contribution is -0.121. The third-order valence-electron chi connectivity index (χ3n) is 5.80. The van der Waals surface area contributed by atoms with Gasteiger partial charge >= 0.3 is 0 Å². The van der Waals surface area contributed by atoms with E-state index < -0.39 is 15.9 Å². The number of hydrogen-bond acceptors (Lipinski definition) is 5. The van der Waals surface area contributed by atoms with E-state index in [1.165, 1.54) is 17.5 Å². The maximum absolute atomic E-state index is 13.6. The Labute approximate surface area is 207 Å². The van der Waals surface area contributed by atoms with Crippen molar-refractivity contribution < 1.29 is 22.7 Å². The summed E-state index contributed by atoms with van der Waals surface area (Å²) in [6, 6.07) is 21.3. The minimum absolute atomic E-state index is 0.120. The van der Waals surface area contributed by atoms with Crippen molar-refractivity contribution in [1.82, 2.24) is 9.62 Å². The molecule has 8 heteroatoms. The number of nitrogens with zero attached hydrogens (tertiary/aromatic N) is 1. The molecular formula is C27H32N2O5S. The second-order valence-electron chi connectivity index (χ2n) is 8.24. The van der Waals surface area contributed by atoms with Crippen LogP contribution >= 0.6 is 0 Å². The zero-order valence-corrected chi connectivity index (χ0v) is 21.3. The van der Waals surface area contributed by atoms with Crippen molar-refractivity contribution in [2.75, 3.05) is 27.3 Å². The number of rotatable bonds is 11. The van der Waals surface area contributed by atoms with Crippen LogP contribution < -0.4 is 14.8 Å². The number of ether oxygens (including phenoxy) is 2. The molecule has 1 N–H and O–H groups in total. The van der Waals surface area contributed by atoms with Gasteiger partial charge in [-0.25, -0.2) is 8.42 Å². The monoisotopic (exact) mass is 496 g/mol. The number of benzene rings is 3. The van der Waals surface area contributed by atoms with Gasteiger partial charge < -0.3 is 14.8 Å². The number of amides is 1. The van der Waals surface area contributed by atoms with Crippen molar-refractivity contribution >= 4 is 15.9 Å². The minimum atomic E-state index is -3.93. The highest BCUT2D eigenvalue weighted by Gasteiger charge is 2.28. The highest BCUT2D eigenvalue weighted by Crippen LogP contribution is 2.26. The van der Waals surface area contributed by atoms with Gasteiger partial charge in [-0.05, 0) is 55.7 Å². The van der Waals surface area contributed by atoms with Gasteiger partial charge in [-0.15, -0.1) is 0 Å². The largest absolute Gasteiger partial charge is 0.496 e. The molecule has 0 saturated carbocycles. The van der Waals surface area contributed by atoms with Gasteiger partial charge in [0.05, 0.1) is 31.7 Å². The molecule has 0 unspecified atom stereocenters. The fourth-order valence-electron chi connectivity index (χ4n) is 3.89. The number of sulfonamides is 1. The Morgan fingerprint density at radius 2 is 1.60 bits per heavy atom. The van der Waals surface area contributed by atoms with Gasteiger partial charge in [-0.1, -0.05) is 48.5 Å². The van der Waals surface area contributed by atoms with Crippen LogP contribution in [0, 0.1) is 6.92 Å². The smallest absolute Gasteiger partial charge is 0.243 e. The predicted molar refractivity (Wildman–Crippen MR) is 136 cm³/mol. The lowest BCUT2D eigenvalue weighted by atomic mass is 10.1. The summed E-state index contributed by atoms with van der Waals surface area (Å²) < 4.78 is 39.0. The molecule has 0 spiro atoms. The van der Waals surface area contributed by atoms with E-state index in [0.29, 0.717) is 23.5 Å². The second-order valence-corrected chi connectivity index (χ2v) is 10.2. The van der Waals surface area contributed by atoms with E-state index in [1.807, 2.05) is 61.5 Å². The topological polar surface area (TPSA) is 84.9 Å². The first-order chi connectivity index (χ1) is 16.8. The first-order valence-electron chi connectivity index (χ1n) is 11.4. The molecule has 3 rings (SSSR count). The Balaban J connectivity index is 1.83. The molecule has 0 saturated heterocycles. The first-order valence-corrected chi connectivity index (χ1v) is 12.8. The maximum Gasteiger partial charge on any atom is 0.243 e. The van der Waals surface area contributed by atoms with Gasteiger partial charge in [-0.2, -0.15) is 4.31 Å². The quantitative estimate of drug-likeness (QED) is 0.432. The second kappa shape index (κ2) is 11.9. The van der Waals surface area contributed by atoms with E-state index in [-0.39, 0.29) is 24.0 Å².